The highest BCUT2D eigenvalue weighted by Gasteiger charge is 2.24. The standard InChI is InChI=1S/C15H26N2O3S/c1-10-11(2)14(21-12(10)3)17-13(19)8-16-15(4,6-7-18)9-20-5/h16,18H,6-9H2,1-5H3,(H,17,19). The number of anilines is 1. The van der Waals surface area contributed by atoms with E-state index in [0.29, 0.717) is 13.0 Å². The second kappa shape index (κ2) is 7.89. The van der Waals surface area contributed by atoms with Crippen LogP contribution >= 0.6 is 11.3 Å². The number of nitrogens with one attached hydrogen (secondary N) is 2. The number of amides is 1. The lowest BCUT2D eigenvalue weighted by Crippen LogP contribution is -2.49. The van der Waals surface area contributed by atoms with Gasteiger partial charge in [0.05, 0.1) is 18.2 Å². The molecule has 0 bridgehead atoms. The minimum absolute atomic E-state index is 0.0525. The van der Waals surface area contributed by atoms with E-state index < -0.39 is 5.54 Å². The topological polar surface area (TPSA) is 70.6 Å². The Balaban J connectivity index is 2.59. The number of carbonyl (C=O) groups is 1. The Labute approximate surface area is 130 Å². The van der Waals surface area contributed by atoms with Crippen LogP contribution in [0.3, 0.4) is 0 Å². The molecule has 120 valence electrons. The van der Waals surface area contributed by atoms with E-state index in [0.717, 1.165) is 10.6 Å². The van der Waals surface area contributed by atoms with Gasteiger partial charge in [0.25, 0.3) is 0 Å². The summed E-state index contributed by atoms with van der Waals surface area (Å²) in [5, 5.41) is 16.1. The van der Waals surface area contributed by atoms with Crippen molar-refractivity contribution >= 4 is 22.2 Å². The average Bonchev–Trinajstić information content (AvgIpc) is 2.65. The van der Waals surface area contributed by atoms with Crippen LogP contribution in [0.15, 0.2) is 0 Å². The first kappa shape index (κ1) is 18.1. The molecule has 0 spiro atoms. The summed E-state index contributed by atoms with van der Waals surface area (Å²) in [6.07, 6.45) is 0.532. The monoisotopic (exact) mass is 314 g/mol. The van der Waals surface area contributed by atoms with Crippen molar-refractivity contribution in [3.8, 4) is 0 Å². The molecule has 1 unspecified atom stereocenters. The van der Waals surface area contributed by atoms with E-state index in [-0.39, 0.29) is 19.1 Å². The molecule has 6 heteroatoms. The molecule has 0 aliphatic heterocycles. The van der Waals surface area contributed by atoms with Crippen molar-refractivity contribution in [2.75, 3.05) is 32.2 Å². The largest absolute Gasteiger partial charge is 0.396 e. The summed E-state index contributed by atoms with van der Waals surface area (Å²) in [6.45, 7) is 8.75. The summed E-state index contributed by atoms with van der Waals surface area (Å²) in [5.41, 5.74) is 1.95. The van der Waals surface area contributed by atoms with E-state index in [1.165, 1.54) is 10.4 Å². The van der Waals surface area contributed by atoms with Crippen LogP contribution in [0.4, 0.5) is 5.00 Å². The average molecular weight is 314 g/mol. The lowest BCUT2D eigenvalue weighted by atomic mass is 9.99. The zero-order valence-electron chi connectivity index (χ0n) is 13.5. The van der Waals surface area contributed by atoms with Crippen molar-refractivity contribution in [3.63, 3.8) is 0 Å². The highest BCUT2D eigenvalue weighted by Crippen LogP contribution is 2.31. The molecule has 0 fully saturated rings. The normalized spacial score (nSPS) is 14.0. The van der Waals surface area contributed by atoms with Crippen LogP contribution in [0.2, 0.25) is 0 Å². The van der Waals surface area contributed by atoms with Crippen molar-refractivity contribution in [2.24, 2.45) is 0 Å². The molecule has 21 heavy (non-hydrogen) atoms. The van der Waals surface area contributed by atoms with E-state index in [1.807, 2.05) is 13.8 Å². The number of thiophene rings is 1. The van der Waals surface area contributed by atoms with E-state index in [9.17, 15) is 4.79 Å². The van der Waals surface area contributed by atoms with Crippen molar-refractivity contribution in [1.82, 2.24) is 5.32 Å². The third-order valence-corrected chi connectivity index (χ3v) is 4.97. The van der Waals surface area contributed by atoms with Gasteiger partial charge in [0.2, 0.25) is 5.91 Å². The van der Waals surface area contributed by atoms with Crippen LogP contribution in [0.25, 0.3) is 0 Å². The molecule has 3 N–H and O–H groups in total. The number of aliphatic hydroxyl groups excluding tert-OH is 1. The van der Waals surface area contributed by atoms with Gasteiger partial charge in [0.15, 0.2) is 0 Å². The van der Waals surface area contributed by atoms with Crippen LogP contribution in [0.5, 0.6) is 0 Å². The van der Waals surface area contributed by atoms with Gasteiger partial charge < -0.3 is 20.5 Å². The number of methoxy groups -OCH3 is 1. The molecule has 0 radical (unpaired) electrons. The molecule has 1 aromatic rings. The van der Waals surface area contributed by atoms with Gasteiger partial charge in [0, 0.05) is 24.1 Å². The Kier molecular flexibility index (Phi) is 6.80. The molecular weight excluding hydrogens is 288 g/mol. The SMILES string of the molecule is COCC(C)(CCO)NCC(=O)Nc1sc(C)c(C)c1C. The lowest BCUT2D eigenvalue weighted by Gasteiger charge is -2.29. The van der Waals surface area contributed by atoms with E-state index in [4.69, 9.17) is 9.84 Å². The second-order valence-electron chi connectivity index (χ2n) is 5.61. The molecule has 0 saturated carbocycles. The van der Waals surface area contributed by atoms with Gasteiger partial charge in [-0.25, -0.2) is 0 Å². The van der Waals surface area contributed by atoms with Gasteiger partial charge in [-0.2, -0.15) is 0 Å². The van der Waals surface area contributed by atoms with Gasteiger partial charge >= 0.3 is 0 Å². The summed E-state index contributed by atoms with van der Waals surface area (Å²) >= 11 is 1.60. The number of ether oxygens (including phenoxy) is 1. The zero-order chi connectivity index (χ0) is 16.0. The fourth-order valence-corrected chi connectivity index (χ4v) is 3.18. The molecule has 1 aromatic heterocycles. The minimum atomic E-state index is -0.406. The van der Waals surface area contributed by atoms with Crippen molar-refractivity contribution < 1.29 is 14.6 Å². The van der Waals surface area contributed by atoms with Crippen molar-refractivity contribution in [2.45, 2.75) is 39.7 Å². The molecular formula is C15H26N2O3S. The fraction of sp³-hybridized carbons (Fsp3) is 0.667. The van der Waals surface area contributed by atoms with Gasteiger partial charge in [-0.1, -0.05) is 0 Å². The van der Waals surface area contributed by atoms with Crippen LogP contribution in [-0.4, -0.2) is 43.4 Å². The van der Waals surface area contributed by atoms with Crippen LogP contribution in [-0.2, 0) is 9.53 Å². The summed E-state index contributed by atoms with van der Waals surface area (Å²) in [4.78, 5) is 13.3. The van der Waals surface area contributed by atoms with Crippen LogP contribution in [0.1, 0.15) is 29.3 Å². The molecule has 0 aliphatic rings. The maximum Gasteiger partial charge on any atom is 0.238 e. The molecule has 1 heterocycles. The Morgan fingerprint density at radius 3 is 2.48 bits per heavy atom. The van der Waals surface area contributed by atoms with E-state index in [2.05, 4.69) is 24.5 Å². The maximum atomic E-state index is 12.1. The summed E-state index contributed by atoms with van der Waals surface area (Å²) in [5.74, 6) is -0.0837. The van der Waals surface area contributed by atoms with Crippen molar-refractivity contribution in [3.05, 3.63) is 16.0 Å². The number of carbonyl (C=O) groups excluding carboxylic acids is 1. The minimum Gasteiger partial charge on any atom is -0.396 e. The molecule has 1 rings (SSSR count). The number of hydrogen-bond acceptors (Lipinski definition) is 5. The maximum absolute atomic E-state index is 12.1. The molecule has 0 aliphatic carbocycles. The highest BCUT2D eigenvalue weighted by atomic mass is 32.1. The number of aryl methyl sites for hydroxylation is 1. The van der Waals surface area contributed by atoms with Crippen molar-refractivity contribution in [1.29, 1.82) is 0 Å². The predicted octanol–water partition coefficient (Wildman–Crippen LogP) is 1.99. The summed E-state index contributed by atoms with van der Waals surface area (Å²) < 4.78 is 5.15. The van der Waals surface area contributed by atoms with Crippen LogP contribution in [0, 0.1) is 20.8 Å². The summed E-state index contributed by atoms with van der Waals surface area (Å²) in [6, 6.07) is 0. The van der Waals surface area contributed by atoms with E-state index in [1.54, 1.807) is 18.4 Å². The quantitative estimate of drug-likeness (QED) is 0.686. The van der Waals surface area contributed by atoms with Crippen LogP contribution < -0.4 is 10.6 Å². The first-order valence-corrected chi connectivity index (χ1v) is 7.86. The van der Waals surface area contributed by atoms with Gasteiger partial charge in [-0.3, -0.25) is 4.79 Å². The fourth-order valence-electron chi connectivity index (χ4n) is 2.10. The molecule has 1 atom stereocenters. The summed E-state index contributed by atoms with van der Waals surface area (Å²) in [7, 11) is 1.61. The predicted molar refractivity (Wildman–Crippen MR) is 87.1 cm³/mol. The number of hydrogen-bond donors (Lipinski definition) is 3. The Morgan fingerprint density at radius 2 is 2.00 bits per heavy atom. The lowest BCUT2D eigenvalue weighted by molar-refractivity contribution is -0.115. The number of aliphatic hydroxyl groups is 1. The van der Waals surface area contributed by atoms with Gasteiger partial charge in [-0.05, 0) is 45.2 Å². The zero-order valence-corrected chi connectivity index (χ0v) is 14.3. The molecule has 0 saturated heterocycles. The Bertz CT molecular complexity index is 480. The smallest absolute Gasteiger partial charge is 0.238 e. The highest BCUT2D eigenvalue weighted by molar-refractivity contribution is 7.16. The van der Waals surface area contributed by atoms with E-state index >= 15 is 0 Å². The molecule has 0 aromatic carbocycles. The van der Waals surface area contributed by atoms with Gasteiger partial charge in [0.1, 0.15) is 0 Å². The Hall–Kier alpha value is -0.950. The van der Waals surface area contributed by atoms with Gasteiger partial charge in [-0.15, -0.1) is 11.3 Å². The second-order valence-corrected chi connectivity index (χ2v) is 6.83. The Morgan fingerprint density at radius 1 is 1.33 bits per heavy atom. The first-order valence-electron chi connectivity index (χ1n) is 7.04. The first-order chi connectivity index (χ1) is 9.83. The molecule has 5 nitrogen and oxygen atoms in total. The number of rotatable bonds is 8. The third kappa shape index (κ3) is 5.07. The third-order valence-electron chi connectivity index (χ3n) is 3.74. The molecule has 1 amide bonds.